The number of likely N-dealkylation sites (N-methyl/N-ethyl adjacent to an activating group) is 1. The highest BCUT2D eigenvalue weighted by atomic mass is 32.2. The molecule has 1 atom stereocenters. The molecule has 1 fully saturated rings. The van der Waals surface area contributed by atoms with Gasteiger partial charge in [-0.05, 0) is 37.9 Å². The van der Waals surface area contributed by atoms with Crippen LogP contribution in [0.3, 0.4) is 0 Å². The Morgan fingerprint density at radius 2 is 1.81 bits per heavy atom. The summed E-state index contributed by atoms with van der Waals surface area (Å²) in [4.78, 5) is 16.8. The molecule has 3 rings (SSSR count). The number of carbonyl (C=O) groups excluding carboxylic acids is 1. The second-order valence-electron chi connectivity index (χ2n) is 6.52. The lowest BCUT2D eigenvalue weighted by Gasteiger charge is -2.39. The fourth-order valence-corrected chi connectivity index (χ4v) is 3.93. The molecule has 0 aliphatic carbocycles. The van der Waals surface area contributed by atoms with Crippen LogP contribution in [0.1, 0.15) is 11.6 Å². The van der Waals surface area contributed by atoms with Gasteiger partial charge in [0, 0.05) is 25.3 Å². The third-order valence-electron chi connectivity index (χ3n) is 4.78. The van der Waals surface area contributed by atoms with E-state index in [1.807, 2.05) is 18.2 Å². The topological polar surface area (TPSA) is 81.8 Å². The predicted molar refractivity (Wildman–Crippen MR) is 105 cm³/mol. The van der Waals surface area contributed by atoms with Gasteiger partial charge in [0.25, 0.3) is 0 Å². The predicted octanol–water partition coefficient (Wildman–Crippen LogP) is 2.12. The van der Waals surface area contributed by atoms with Crippen LogP contribution in [0.2, 0.25) is 0 Å². The highest BCUT2D eigenvalue weighted by Crippen LogP contribution is 2.24. The van der Waals surface area contributed by atoms with E-state index in [9.17, 15) is 13.2 Å². The second-order valence-corrected chi connectivity index (χ2v) is 8.41. The van der Waals surface area contributed by atoms with Crippen molar-refractivity contribution in [2.24, 2.45) is 0 Å². The number of rotatable bonds is 4. The van der Waals surface area contributed by atoms with E-state index in [0.717, 1.165) is 6.54 Å². The number of sulfonamides is 1. The summed E-state index contributed by atoms with van der Waals surface area (Å²) in [5, 5.41) is 2.81. The summed E-state index contributed by atoms with van der Waals surface area (Å²) in [5.41, 5.74) is 1.62. The summed E-state index contributed by atoms with van der Waals surface area (Å²) >= 11 is 0. The Kier molecular flexibility index (Phi) is 5.79. The van der Waals surface area contributed by atoms with Crippen molar-refractivity contribution in [3.63, 3.8) is 0 Å². The molecule has 0 unspecified atom stereocenters. The van der Waals surface area contributed by atoms with E-state index in [1.54, 1.807) is 17.0 Å². The molecular weight excluding hydrogens is 364 g/mol. The zero-order valence-electron chi connectivity index (χ0n) is 15.4. The van der Waals surface area contributed by atoms with Gasteiger partial charge in [0.05, 0.1) is 10.9 Å². The molecule has 0 bridgehead atoms. The average Bonchev–Trinajstić information content (AvgIpc) is 2.69. The lowest BCUT2D eigenvalue weighted by atomic mass is 10.0. The average molecular weight is 388 g/mol. The van der Waals surface area contributed by atoms with Crippen molar-refractivity contribution in [1.82, 2.24) is 14.5 Å². The molecule has 1 saturated heterocycles. The van der Waals surface area contributed by atoms with Gasteiger partial charge in [-0.1, -0.05) is 36.4 Å². The largest absolute Gasteiger partial charge is 0.321 e. The SMILES string of the molecule is CNS(=O)(=O)c1cccc(NC(=O)N2CCN(C)[C@@H](c3ccccc3)C2)c1. The van der Waals surface area contributed by atoms with E-state index in [1.165, 1.54) is 24.7 Å². The number of hydrogen-bond acceptors (Lipinski definition) is 4. The van der Waals surface area contributed by atoms with Gasteiger partial charge in [-0.25, -0.2) is 17.9 Å². The summed E-state index contributed by atoms with van der Waals surface area (Å²) < 4.78 is 26.1. The van der Waals surface area contributed by atoms with Gasteiger partial charge in [-0.2, -0.15) is 0 Å². The molecule has 0 spiro atoms. The normalized spacial score (nSPS) is 18.3. The van der Waals surface area contributed by atoms with Crippen LogP contribution in [-0.2, 0) is 10.0 Å². The summed E-state index contributed by atoms with van der Waals surface area (Å²) in [6.07, 6.45) is 0. The molecule has 144 valence electrons. The van der Waals surface area contributed by atoms with Crippen LogP contribution in [-0.4, -0.2) is 58.0 Å². The van der Waals surface area contributed by atoms with Gasteiger partial charge < -0.3 is 10.2 Å². The van der Waals surface area contributed by atoms with E-state index in [0.29, 0.717) is 18.8 Å². The van der Waals surface area contributed by atoms with Crippen molar-refractivity contribution in [2.75, 3.05) is 39.0 Å². The number of amides is 2. The van der Waals surface area contributed by atoms with Gasteiger partial charge >= 0.3 is 6.03 Å². The van der Waals surface area contributed by atoms with Crippen LogP contribution >= 0.6 is 0 Å². The lowest BCUT2D eigenvalue weighted by Crippen LogP contribution is -2.50. The van der Waals surface area contributed by atoms with Crippen molar-refractivity contribution in [2.45, 2.75) is 10.9 Å². The maximum Gasteiger partial charge on any atom is 0.321 e. The number of hydrogen-bond donors (Lipinski definition) is 2. The van der Waals surface area contributed by atoms with Crippen LogP contribution in [0.4, 0.5) is 10.5 Å². The minimum Gasteiger partial charge on any atom is -0.321 e. The minimum absolute atomic E-state index is 0.114. The maximum atomic E-state index is 12.7. The lowest BCUT2D eigenvalue weighted by molar-refractivity contribution is 0.116. The highest BCUT2D eigenvalue weighted by molar-refractivity contribution is 7.89. The van der Waals surface area contributed by atoms with Crippen molar-refractivity contribution in [3.05, 3.63) is 60.2 Å². The van der Waals surface area contributed by atoms with Gasteiger partial charge in [0.15, 0.2) is 0 Å². The number of anilines is 1. The first-order valence-corrected chi connectivity index (χ1v) is 10.2. The van der Waals surface area contributed by atoms with Gasteiger partial charge in [0.1, 0.15) is 0 Å². The molecular formula is C19H24N4O3S. The Bertz CT molecular complexity index is 902. The van der Waals surface area contributed by atoms with Crippen LogP contribution in [0.25, 0.3) is 0 Å². The van der Waals surface area contributed by atoms with Gasteiger partial charge in [-0.15, -0.1) is 0 Å². The number of benzene rings is 2. The molecule has 0 radical (unpaired) electrons. The number of carbonyl (C=O) groups is 1. The van der Waals surface area contributed by atoms with Gasteiger partial charge in [-0.3, -0.25) is 4.90 Å². The molecule has 7 nitrogen and oxygen atoms in total. The molecule has 1 aliphatic rings. The summed E-state index contributed by atoms with van der Waals surface area (Å²) in [6.45, 7) is 1.95. The molecule has 2 amide bonds. The van der Waals surface area contributed by atoms with Crippen molar-refractivity contribution < 1.29 is 13.2 Å². The zero-order chi connectivity index (χ0) is 19.4. The molecule has 1 aliphatic heterocycles. The van der Waals surface area contributed by atoms with E-state index >= 15 is 0 Å². The molecule has 8 heteroatoms. The first-order chi connectivity index (χ1) is 12.9. The van der Waals surface area contributed by atoms with Crippen LogP contribution in [0, 0.1) is 0 Å². The van der Waals surface area contributed by atoms with Crippen molar-refractivity contribution in [3.8, 4) is 0 Å². The number of piperazine rings is 1. The van der Waals surface area contributed by atoms with E-state index < -0.39 is 10.0 Å². The summed E-state index contributed by atoms with van der Waals surface area (Å²) in [7, 11) is -0.145. The van der Waals surface area contributed by atoms with E-state index in [2.05, 4.69) is 34.1 Å². The Morgan fingerprint density at radius 3 is 2.52 bits per heavy atom. The smallest absolute Gasteiger partial charge is 0.321 e. The fourth-order valence-electron chi connectivity index (χ4n) is 3.15. The van der Waals surface area contributed by atoms with Crippen molar-refractivity contribution >= 4 is 21.7 Å². The summed E-state index contributed by atoms with van der Waals surface area (Å²) in [5.74, 6) is 0. The van der Waals surface area contributed by atoms with E-state index in [4.69, 9.17) is 0 Å². The molecule has 0 saturated carbocycles. The number of nitrogens with one attached hydrogen (secondary N) is 2. The minimum atomic E-state index is -3.56. The molecule has 27 heavy (non-hydrogen) atoms. The first kappa shape index (κ1) is 19.3. The van der Waals surface area contributed by atoms with Crippen LogP contribution in [0.15, 0.2) is 59.5 Å². The van der Waals surface area contributed by atoms with Crippen molar-refractivity contribution in [1.29, 1.82) is 0 Å². The fraction of sp³-hybridized carbons (Fsp3) is 0.316. The van der Waals surface area contributed by atoms with Gasteiger partial charge in [0.2, 0.25) is 10.0 Å². The zero-order valence-corrected chi connectivity index (χ0v) is 16.2. The quantitative estimate of drug-likeness (QED) is 0.841. The monoisotopic (exact) mass is 388 g/mol. The highest BCUT2D eigenvalue weighted by Gasteiger charge is 2.28. The second kappa shape index (κ2) is 8.08. The molecule has 2 N–H and O–H groups in total. The number of nitrogens with zero attached hydrogens (tertiary/aromatic N) is 2. The Hall–Kier alpha value is -2.42. The molecule has 2 aromatic rings. The molecule has 0 aromatic heterocycles. The standard InChI is InChI=1S/C19H24N4O3S/c1-20-27(25,26)17-10-6-9-16(13-17)21-19(24)23-12-11-22(2)18(14-23)15-7-4-3-5-8-15/h3-10,13,18,20H,11-12,14H2,1-2H3,(H,21,24)/t18-/m1/s1. The molecule has 2 aromatic carbocycles. The maximum absolute atomic E-state index is 12.7. The molecule has 1 heterocycles. The third kappa shape index (κ3) is 4.47. The summed E-state index contributed by atoms with van der Waals surface area (Å²) in [6, 6.07) is 16.2. The number of urea groups is 1. The van der Waals surface area contributed by atoms with Crippen LogP contribution in [0.5, 0.6) is 0 Å². The third-order valence-corrected chi connectivity index (χ3v) is 6.20. The van der Waals surface area contributed by atoms with Crippen LogP contribution < -0.4 is 10.0 Å². The first-order valence-electron chi connectivity index (χ1n) is 8.75. The Balaban J connectivity index is 1.72. The Labute approximate surface area is 160 Å². The van der Waals surface area contributed by atoms with E-state index in [-0.39, 0.29) is 17.0 Å². The Morgan fingerprint density at radius 1 is 1.07 bits per heavy atom.